The molecular weight excluding hydrogens is 459 g/mol. The molecule has 7 heteroatoms. The summed E-state index contributed by atoms with van der Waals surface area (Å²) in [5.74, 6) is 2.61. The van der Waals surface area contributed by atoms with E-state index in [-0.39, 0.29) is 8.81 Å². The van der Waals surface area contributed by atoms with Gasteiger partial charge in [0.25, 0.3) is 0 Å². The number of rotatable bonds is 8. The van der Waals surface area contributed by atoms with Crippen molar-refractivity contribution in [1.82, 2.24) is 14.8 Å². The van der Waals surface area contributed by atoms with E-state index in [9.17, 15) is 0 Å². The zero-order valence-electron chi connectivity index (χ0n) is 19.3. The number of aromatic nitrogens is 1. The van der Waals surface area contributed by atoms with Crippen LogP contribution >= 0.6 is 20.1 Å². The van der Waals surface area contributed by atoms with Gasteiger partial charge in [0.1, 0.15) is 5.75 Å². The summed E-state index contributed by atoms with van der Waals surface area (Å²) in [6, 6.07) is 21.2. The highest BCUT2D eigenvalue weighted by Crippen LogP contribution is 2.38. The first-order valence-corrected chi connectivity index (χ1v) is 13.3. The fraction of sp³-hybridized carbons (Fsp3) is 0.222. The molecule has 1 fully saturated rings. The summed E-state index contributed by atoms with van der Waals surface area (Å²) < 4.78 is 6.86. The van der Waals surface area contributed by atoms with Gasteiger partial charge in [-0.1, -0.05) is 30.8 Å². The lowest BCUT2D eigenvalue weighted by Gasteiger charge is -2.32. The fourth-order valence-electron chi connectivity index (χ4n) is 4.17. The molecule has 1 unspecified atom stereocenters. The Hall–Kier alpha value is -2.76. The molecular formula is C27H29N4OPS. The molecule has 1 aliphatic rings. The van der Waals surface area contributed by atoms with Gasteiger partial charge in [-0.15, -0.1) is 11.3 Å². The summed E-state index contributed by atoms with van der Waals surface area (Å²) in [5, 5.41) is 3.55. The number of nitrogens with one attached hydrogen (secondary N) is 1. The number of anilines is 2. The van der Waals surface area contributed by atoms with Gasteiger partial charge < -0.3 is 14.7 Å². The van der Waals surface area contributed by atoms with E-state index < -0.39 is 0 Å². The van der Waals surface area contributed by atoms with Crippen LogP contribution in [0.1, 0.15) is 5.56 Å². The van der Waals surface area contributed by atoms with E-state index in [1.54, 1.807) is 17.2 Å². The number of nitrogens with zero attached hydrogens (tertiary/aromatic N) is 3. The summed E-state index contributed by atoms with van der Waals surface area (Å²) in [6.45, 7) is 9.26. The van der Waals surface area contributed by atoms with Crippen molar-refractivity contribution in [2.75, 3.05) is 38.5 Å². The predicted molar refractivity (Wildman–Crippen MR) is 147 cm³/mol. The first-order valence-electron chi connectivity index (χ1n) is 11.5. The van der Waals surface area contributed by atoms with Crippen LogP contribution in [-0.4, -0.2) is 48.0 Å². The molecule has 1 aliphatic heterocycles. The third kappa shape index (κ3) is 5.48. The summed E-state index contributed by atoms with van der Waals surface area (Å²) in [4.78, 5) is 10.8. The lowest BCUT2D eigenvalue weighted by Crippen LogP contribution is -2.43. The molecule has 3 heterocycles. The van der Waals surface area contributed by atoms with E-state index in [0.717, 1.165) is 60.1 Å². The molecule has 5 nitrogen and oxygen atoms in total. The number of benzene rings is 2. The topological polar surface area (TPSA) is 40.6 Å². The molecule has 1 N–H and O–H groups in total. The van der Waals surface area contributed by atoms with E-state index in [2.05, 4.69) is 64.1 Å². The van der Waals surface area contributed by atoms with Crippen LogP contribution in [0.25, 0.3) is 20.7 Å². The normalized spacial score (nSPS) is 15.2. The molecule has 0 bridgehead atoms. The van der Waals surface area contributed by atoms with Crippen molar-refractivity contribution in [3.05, 3.63) is 84.8 Å². The van der Waals surface area contributed by atoms with Gasteiger partial charge in [0.2, 0.25) is 0 Å². The first-order chi connectivity index (χ1) is 16.7. The van der Waals surface area contributed by atoms with Crippen molar-refractivity contribution >= 4 is 41.7 Å². The summed E-state index contributed by atoms with van der Waals surface area (Å²) in [5.41, 5.74) is 5.67. The molecule has 34 heavy (non-hydrogen) atoms. The van der Waals surface area contributed by atoms with Gasteiger partial charge in [-0.05, 0) is 54.3 Å². The van der Waals surface area contributed by atoms with Crippen LogP contribution < -0.4 is 9.84 Å². The number of pyridine rings is 1. The summed E-state index contributed by atoms with van der Waals surface area (Å²) >= 11 is 1.78. The number of fused-ring (bicyclic) bond motifs is 1. The van der Waals surface area contributed by atoms with E-state index in [4.69, 9.17) is 4.52 Å². The number of hydrogen-bond acceptors (Lipinski definition) is 6. The van der Waals surface area contributed by atoms with Crippen molar-refractivity contribution in [2.24, 2.45) is 0 Å². The SMILES string of the molecule is C=CPOc1cccc(Nc2ccnc3cc(-c4cccc(CN5CCN(C)CC5)c4)sc23)c1. The van der Waals surface area contributed by atoms with Crippen LogP contribution in [0.2, 0.25) is 0 Å². The van der Waals surface area contributed by atoms with E-state index in [1.165, 1.54) is 16.0 Å². The molecule has 0 amide bonds. The molecule has 2 aromatic heterocycles. The van der Waals surface area contributed by atoms with Crippen molar-refractivity contribution in [3.8, 4) is 16.2 Å². The highest BCUT2D eigenvalue weighted by molar-refractivity contribution is 7.36. The van der Waals surface area contributed by atoms with Gasteiger partial charge in [-0.2, -0.15) is 0 Å². The quantitative estimate of drug-likeness (QED) is 0.284. The Morgan fingerprint density at radius 3 is 2.79 bits per heavy atom. The van der Waals surface area contributed by atoms with Crippen molar-refractivity contribution in [3.63, 3.8) is 0 Å². The van der Waals surface area contributed by atoms with Crippen LogP contribution in [0.5, 0.6) is 5.75 Å². The largest absolute Gasteiger partial charge is 0.473 e. The highest BCUT2D eigenvalue weighted by Gasteiger charge is 2.15. The summed E-state index contributed by atoms with van der Waals surface area (Å²) in [7, 11) is 2.45. The van der Waals surface area contributed by atoms with Crippen LogP contribution in [0, 0.1) is 0 Å². The average Bonchev–Trinajstić information content (AvgIpc) is 3.30. The number of hydrogen-bond donors (Lipinski definition) is 1. The maximum atomic E-state index is 5.71. The lowest BCUT2D eigenvalue weighted by atomic mass is 10.1. The van der Waals surface area contributed by atoms with Gasteiger partial charge in [-0.25, -0.2) is 0 Å². The Morgan fingerprint density at radius 2 is 1.94 bits per heavy atom. The second-order valence-corrected chi connectivity index (χ2v) is 10.4. The molecule has 2 aromatic carbocycles. The van der Waals surface area contributed by atoms with E-state index >= 15 is 0 Å². The monoisotopic (exact) mass is 488 g/mol. The molecule has 174 valence electrons. The average molecular weight is 489 g/mol. The number of piperazine rings is 1. The van der Waals surface area contributed by atoms with Gasteiger partial charge in [0.15, 0.2) is 0 Å². The van der Waals surface area contributed by atoms with Crippen LogP contribution in [0.4, 0.5) is 11.4 Å². The molecule has 4 aromatic rings. The fourth-order valence-corrected chi connectivity index (χ4v) is 5.60. The van der Waals surface area contributed by atoms with Crippen LogP contribution in [0.3, 0.4) is 0 Å². The van der Waals surface area contributed by atoms with Crippen LogP contribution in [-0.2, 0) is 6.54 Å². The van der Waals surface area contributed by atoms with Crippen molar-refractivity contribution in [2.45, 2.75) is 6.54 Å². The second kappa shape index (κ2) is 10.7. The Kier molecular flexibility index (Phi) is 7.21. The second-order valence-electron chi connectivity index (χ2n) is 8.54. The Bertz CT molecular complexity index is 1280. The van der Waals surface area contributed by atoms with Crippen molar-refractivity contribution in [1.29, 1.82) is 0 Å². The Labute approximate surface area is 206 Å². The Morgan fingerprint density at radius 1 is 1.09 bits per heavy atom. The maximum Gasteiger partial charge on any atom is 0.125 e. The van der Waals surface area contributed by atoms with Crippen molar-refractivity contribution < 1.29 is 4.52 Å². The first kappa shape index (κ1) is 23.0. The minimum Gasteiger partial charge on any atom is -0.473 e. The third-order valence-electron chi connectivity index (χ3n) is 6.00. The molecule has 0 aliphatic carbocycles. The van der Waals surface area contributed by atoms with Gasteiger partial charge in [-0.3, -0.25) is 9.88 Å². The zero-order chi connectivity index (χ0) is 23.3. The minimum absolute atomic E-state index is 0.250. The highest BCUT2D eigenvalue weighted by atomic mass is 32.1. The maximum absolute atomic E-state index is 5.71. The molecule has 1 atom stereocenters. The van der Waals surface area contributed by atoms with Gasteiger partial charge in [0.05, 0.1) is 24.7 Å². The predicted octanol–water partition coefficient (Wildman–Crippen LogP) is 6.57. The third-order valence-corrected chi connectivity index (χ3v) is 7.73. The lowest BCUT2D eigenvalue weighted by molar-refractivity contribution is 0.148. The summed E-state index contributed by atoms with van der Waals surface area (Å²) in [6.07, 6.45) is 1.87. The standard InChI is InChI=1S/C27H29N4OPS/c1-3-33-32-23-9-5-8-22(17-23)29-24-10-11-28-25-18-26(34-27(24)25)21-7-4-6-20(16-21)19-31-14-12-30(2)13-15-31/h3-11,16-18,33H,1,12-15,19H2,2H3,(H,28,29). The van der Waals surface area contributed by atoms with Gasteiger partial charge in [0, 0.05) is 55.6 Å². The Balaban J connectivity index is 1.37. The van der Waals surface area contributed by atoms with E-state index in [1.807, 2.05) is 36.5 Å². The molecule has 0 spiro atoms. The smallest absolute Gasteiger partial charge is 0.125 e. The molecule has 0 saturated carbocycles. The molecule has 5 rings (SSSR count). The van der Waals surface area contributed by atoms with E-state index in [0.29, 0.717) is 0 Å². The van der Waals surface area contributed by atoms with Crippen LogP contribution in [0.15, 0.2) is 79.3 Å². The molecule has 1 saturated heterocycles. The number of likely N-dealkylation sites (N-methyl/N-ethyl adjacent to an activating group) is 1. The minimum atomic E-state index is 0.250. The number of thiophene rings is 1. The zero-order valence-corrected chi connectivity index (χ0v) is 21.1. The van der Waals surface area contributed by atoms with Gasteiger partial charge >= 0.3 is 0 Å². The molecule has 0 radical (unpaired) electrons.